The summed E-state index contributed by atoms with van der Waals surface area (Å²) in [4.78, 5) is 34.2. The molecule has 1 N–H and O–H groups in total. The largest absolute Gasteiger partial charge is 0.372 e. The first-order valence-electron chi connectivity index (χ1n) is 9.53. The zero-order valence-electron chi connectivity index (χ0n) is 16.6. The van der Waals surface area contributed by atoms with E-state index in [1.807, 2.05) is 51.1 Å². The number of aromatic amines is 1. The van der Waals surface area contributed by atoms with Gasteiger partial charge in [-0.05, 0) is 26.3 Å². The van der Waals surface area contributed by atoms with Gasteiger partial charge in [-0.15, -0.1) is 0 Å². The van der Waals surface area contributed by atoms with Crippen molar-refractivity contribution in [2.75, 3.05) is 18.8 Å². The summed E-state index contributed by atoms with van der Waals surface area (Å²) in [5.74, 6) is 0.208. The Morgan fingerprint density at radius 2 is 1.93 bits per heavy atom. The van der Waals surface area contributed by atoms with E-state index in [2.05, 4.69) is 15.1 Å². The molecule has 29 heavy (non-hydrogen) atoms. The van der Waals surface area contributed by atoms with Crippen LogP contribution in [0, 0.1) is 6.92 Å². The van der Waals surface area contributed by atoms with Crippen LogP contribution in [0.3, 0.4) is 0 Å². The average molecular weight is 414 g/mol. The molecule has 1 saturated heterocycles. The van der Waals surface area contributed by atoms with Crippen LogP contribution in [0.1, 0.15) is 19.5 Å². The highest BCUT2D eigenvalue weighted by atomic mass is 32.2. The Kier molecular flexibility index (Phi) is 5.42. The van der Waals surface area contributed by atoms with E-state index < -0.39 is 0 Å². The third-order valence-electron chi connectivity index (χ3n) is 4.82. The SMILES string of the molecule is Cc1nn2c(=O)[nH]c(SCC(=O)N3C[C@@H](C)O[C@@H](C)C3)nc2c1-c1ccccc1. The van der Waals surface area contributed by atoms with Gasteiger partial charge < -0.3 is 9.64 Å². The molecule has 2 aromatic heterocycles. The molecule has 0 saturated carbocycles. The van der Waals surface area contributed by atoms with E-state index in [0.717, 1.165) is 16.8 Å². The standard InChI is InChI=1S/C20H23N5O3S/c1-12-9-24(10-13(2)28-12)16(26)11-29-19-21-18-17(15-7-5-4-6-8-15)14(3)23-25(18)20(27)22-19/h4-8,12-13H,9-11H2,1-3H3,(H,21,22,27)/t12-,13+. The number of aromatic nitrogens is 4. The molecule has 3 aromatic rings. The van der Waals surface area contributed by atoms with Crippen molar-refractivity contribution < 1.29 is 9.53 Å². The molecule has 0 aliphatic carbocycles. The predicted octanol–water partition coefficient (Wildman–Crippen LogP) is 2.12. The third-order valence-corrected chi connectivity index (χ3v) is 5.67. The van der Waals surface area contributed by atoms with E-state index in [9.17, 15) is 9.59 Å². The molecule has 9 heteroatoms. The Bertz CT molecular complexity index is 1080. The summed E-state index contributed by atoms with van der Waals surface area (Å²) in [7, 11) is 0. The Morgan fingerprint density at radius 1 is 1.24 bits per heavy atom. The third kappa shape index (κ3) is 4.06. The van der Waals surface area contributed by atoms with Crippen LogP contribution in [0.5, 0.6) is 0 Å². The summed E-state index contributed by atoms with van der Waals surface area (Å²) in [6.45, 7) is 6.93. The number of ether oxygens (including phenoxy) is 1. The van der Waals surface area contributed by atoms with Crippen LogP contribution in [0.4, 0.5) is 0 Å². The first-order valence-corrected chi connectivity index (χ1v) is 10.5. The van der Waals surface area contributed by atoms with E-state index in [0.29, 0.717) is 23.9 Å². The predicted molar refractivity (Wildman–Crippen MR) is 111 cm³/mol. The van der Waals surface area contributed by atoms with E-state index >= 15 is 0 Å². The average Bonchev–Trinajstić information content (AvgIpc) is 3.02. The van der Waals surface area contributed by atoms with E-state index in [1.165, 1.54) is 16.3 Å². The first kappa shape index (κ1) is 19.7. The minimum atomic E-state index is -0.371. The minimum Gasteiger partial charge on any atom is -0.372 e. The number of rotatable bonds is 4. The number of nitrogens with one attached hydrogen (secondary N) is 1. The second-order valence-electron chi connectivity index (χ2n) is 7.25. The number of carbonyl (C=O) groups excluding carboxylic acids is 1. The van der Waals surface area contributed by atoms with Gasteiger partial charge in [-0.2, -0.15) is 9.61 Å². The molecule has 0 unspecified atom stereocenters. The zero-order valence-corrected chi connectivity index (χ0v) is 17.4. The molecule has 0 spiro atoms. The van der Waals surface area contributed by atoms with Crippen molar-refractivity contribution in [3.05, 3.63) is 46.5 Å². The fourth-order valence-electron chi connectivity index (χ4n) is 3.64. The smallest absolute Gasteiger partial charge is 0.350 e. The topological polar surface area (TPSA) is 92.6 Å². The summed E-state index contributed by atoms with van der Waals surface area (Å²) >= 11 is 1.23. The number of fused-ring (bicyclic) bond motifs is 1. The first-order chi connectivity index (χ1) is 13.9. The molecule has 2 atom stereocenters. The maximum Gasteiger partial charge on any atom is 0.350 e. The Morgan fingerprint density at radius 3 is 2.62 bits per heavy atom. The number of aryl methyl sites for hydroxylation is 1. The van der Waals surface area contributed by atoms with Crippen molar-refractivity contribution >= 4 is 23.3 Å². The maximum atomic E-state index is 12.6. The highest BCUT2D eigenvalue weighted by molar-refractivity contribution is 7.99. The van der Waals surface area contributed by atoms with Crippen LogP contribution in [0.2, 0.25) is 0 Å². The molecule has 1 aliphatic rings. The molecule has 3 heterocycles. The number of thioether (sulfide) groups is 1. The molecule has 1 fully saturated rings. The lowest BCUT2D eigenvalue weighted by Crippen LogP contribution is -2.48. The van der Waals surface area contributed by atoms with Crippen molar-refractivity contribution in [1.82, 2.24) is 24.5 Å². The van der Waals surface area contributed by atoms with Crippen LogP contribution in [-0.2, 0) is 9.53 Å². The molecule has 152 valence electrons. The van der Waals surface area contributed by atoms with E-state index in [4.69, 9.17) is 4.74 Å². The molecule has 4 rings (SSSR count). The summed E-state index contributed by atoms with van der Waals surface area (Å²) in [5.41, 5.74) is 2.61. The lowest BCUT2D eigenvalue weighted by atomic mass is 10.1. The summed E-state index contributed by atoms with van der Waals surface area (Å²) in [5, 5.41) is 4.73. The molecular weight excluding hydrogens is 390 g/mol. The van der Waals surface area contributed by atoms with E-state index in [-0.39, 0.29) is 29.6 Å². The fraction of sp³-hybridized carbons (Fsp3) is 0.400. The summed E-state index contributed by atoms with van der Waals surface area (Å²) < 4.78 is 6.95. The zero-order chi connectivity index (χ0) is 20.5. The van der Waals surface area contributed by atoms with Crippen LogP contribution in [-0.4, -0.2) is 61.4 Å². The molecular formula is C20H23N5O3S. The van der Waals surface area contributed by atoms with Gasteiger partial charge in [0.25, 0.3) is 0 Å². The van der Waals surface area contributed by atoms with Gasteiger partial charge in [0, 0.05) is 18.7 Å². The van der Waals surface area contributed by atoms with Crippen LogP contribution >= 0.6 is 11.8 Å². The van der Waals surface area contributed by atoms with Gasteiger partial charge in [0.05, 0.1) is 23.7 Å². The quantitative estimate of drug-likeness (QED) is 0.659. The van der Waals surface area contributed by atoms with Crippen molar-refractivity contribution in [1.29, 1.82) is 0 Å². The molecule has 1 aromatic carbocycles. The molecule has 8 nitrogen and oxygen atoms in total. The second kappa shape index (κ2) is 8.00. The van der Waals surface area contributed by atoms with Crippen molar-refractivity contribution in [3.63, 3.8) is 0 Å². The normalized spacial score (nSPS) is 19.6. The maximum absolute atomic E-state index is 12.6. The molecule has 0 radical (unpaired) electrons. The minimum absolute atomic E-state index is 0.00694. The van der Waals surface area contributed by atoms with Crippen LogP contribution < -0.4 is 5.69 Å². The number of nitrogens with zero attached hydrogens (tertiary/aromatic N) is 4. The Labute approximate surface area is 172 Å². The number of morpholine rings is 1. The highest BCUT2D eigenvalue weighted by Gasteiger charge is 2.26. The number of hydrogen-bond acceptors (Lipinski definition) is 6. The number of hydrogen-bond donors (Lipinski definition) is 1. The van der Waals surface area contributed by atoms with Gasteiger partial charge in [0.2, 0.25) is 5.91 Å². The van der Waals surface area contributed by atoms with Gasteiger partial charge >= 0.3 is 5.69 Å². The number of H-pyrrole nitrogens is 1. The molecule has 1 amide bonds. The number of carbonyl (C=O) groups is 1. The van der Waals surface area contributed by atoms with Crippen molar-refractivity contribution in [2.45, 2.75) is 38.1 Å². The van der Waals surface area contributed by atoms with Gasteiger partial charge in [-0.25, -0.2) is 9.78 Å². The van der Waals surface area contributed by atoms with Gasteiger partial charge in [-0.3, -0.25) is 9.78 Å². The number of amides is 1. The van der Waals surface area contributed by atoms with Gasteiger partial charge in [0.1, 0.15) is 0 Å². The van der Waals surface area contributed by atoms with Gasteiger partial charge in [0.15, 0.2) is 10.8 Å². The summed E-state index contributed by atoms with van der Waals surface area (Å²) in [6, 6.07) is 9.73. The summed E-state index contributed by atoms with van der Waals surface area (Å²) in [6.07, 6.45) is 0.0374. The fourth-order valence-corrected chi connectivity index (χ4v) is 4.40. The Hall–Kier alpha value is -2.65. The Balaban J connectivity index is 1.59. The lowest BCUT2D eigenvalue weighted by molar-refractivity contribution is -0.140. The van der Waals surface area contributed by atoms with Crippen LogP contribution in [0.25, 0.3) is 16.8 Å². The van der Waals surface area contributed by atoms with Crippen molar-refractivity contribution in [3.8, 4) is 11.1 Å². The highest BCUT2D eigenvalue weighted by Crippen LogP contribution is 2.27. The number of benzene rings is 1. The second-order valence-corrected chi connectivity index (χ2v) is 8.22. The molecule has 1 aliphatic heterocycles. The monoisotopic (exact) mass is 413 g/mol. The van der Waals surface area contributed by atoms with Crippen molar-refractivity contribution in [2.24, 2.45) is 0 Å². The van der Waals surface area contributed by atoms with E-state index in [1.54, 1.807) is 4.90 Å². The van der Waals surface area contributed by atoms with Crippen LogP contribution in [0.15, 0.2) is 40.3 Å². The lowest BCUT2D eigenvalue weighted by Gasteiger charge is -2.35. The van der Waals surface area contributed by atoms with Gasteiger partial charge in [-0.1, -0.05) is 42.1 Å². The molecule has 0 bridgehead atoms.